The van der Waals surface area contributed by atoms with E-state index in [-0.39, 0.29) is 10.2 Å². The number of hydrogen-bond donors (Lipinski definition) is 2. The van der Waals surface area contributed by atoms with Crippen molar-refractivity contribution in [1.29, 1.82) is 0 Å². The van der Waals surface area contributed by atoms with Crippen LogP contribution >= 0.6 is 15.9 Å². The lowest BCUT2D eigenvalue weighted by atomic mass is 10.3. The summed E-state index contributed by atoms with van der Waals surface area (Å²) in [6.07, 6.45) is -4.85. The number of benzene rings is 1. The van der Waals surface area contributed by atoms with E-state index in [0.717, 1.165) is 6.07 Å². The molecule has 7 heteroatoms. The van der Waals surface area contributed by atoms with Crippen molar-refractivity contribution < 1.29 is 23.0 Å². The maximum atomic E-state index is 11.8. The Kier molecular flexibility index (Phi) is 2.79. The molecule has 0 amide bonds. The summed E-state index contributed by atoms with van der Waals surface area (Å²) >= 11 is 2.79. The van der Waals surface area contributed by atoms with Gasteiger partial charge in [0.15, 0.2) is 11.5 Å². The minimum atomic E-state index is -4.85. The Balaban J connectivity index is 3.09. The molecular formula is C7H5BrF3NO2. The molecule has 1 aromatic rings. The predicted molar refractivity (Wildman–Crippen MR) is 46.9 cm³/mol. The number of nitrogen functional groups attached to an aromatic ring is 1. The highest BCUT2D eigenvalue weighted by Crippen LogP contribution is 2.39. The van der Waals surface area contributed by atoms with Crippen molar-refractivity contribution in [2.75, 3.05) is 5.73 Å². The Morgan fingerprint density at radius 1 is 1.36 bits per heavy atom. The highest BCUT2D eigenvalue weighted by molar-refractivity contribution is 9.10. The van der Waals surface area contributed by atoms with E-state index in [0.29, 0.717) is 0 Å². The topological polar surface area (TPSA) is 55.5 Å². The summed E-state index contributed by atoms with van der Waals surface area (Å²) in [4.78, 5) is 0. The molecule has 14 heavy (non-hydrogen) atoms. The van der Waals surface area contributed by atoms with Crippen LogP contribution in [0.15, 0.2) is 16.6 Å². The molecule has 3 N–H and O–H groups in total. The Hall–Kier alpha value is -1.11. The van der Waals surface area contributed by atoms with Crippen LogP contribution in [-0.2, 0) is 0 Å². The number of alkyl halides is 3. The first-order chi connectivity index (χ1) is 6.29. The highest BCUT2D eigenvalue weighted by Gasteiger charge is 2.33. The molecule has 0 spiro atoms. The van der Waals surface area contributed by atoms with Crippen molar-refractivity contribution >= 4 is 21.6 Å². The SMILES string of the molecule is Nc1cc(O)c(OC(F)(F)F)c(Br)c1. The van der Waals surface area contributed by atoms with Crippen LogP contribution in [0.4, 0.5) is 18.9 Å². The molecule has 0 aliphatic heterocycles. The molecular weight excluding hydrogens is 267 g/mol. The Morgan fingerprint density at radius 2 is 1.93 bits per heavy atom. The zero-order valence-corrected chi connectivity index (χ0v) is 8.19. The van der Waals surface area contributed by atoms with Crippen LogP contribution in [0.5, 0.6) is 11.5 Å². The van der Waals surface area contributed by atoms with Gasteiger partial charge in [0.05, 0.1) is 4.47 Å². The second-order valence-corrected chi connectivity index (χ2v) is 3.25. The first-order valence-electron chi connectivity index (χ1n) is 3.33. The van der Waals surface area contributed by atoms with E-state index < -0.39 is 17.9 Å². The first-order valence-corrected chi connectivity index (χ1v) is 4.12. The number of phenolic OH excluding ortho intramolecular Hbond substituents is 1. The number of hydrogen-bond acceptors (Lipinski definition) is 3. The zero-order chi connectivity index (χ0) is 10.9. The molecule has 78 valence electrons. The van der Waals surface area contributed by atoms with Gasteiger partial charge in [-0.3, -0.25) is 0 Å². The summed E-state index contributed by atoms with van der Waals surface area (Å²) in [5.41, 5.74) is 5.39. The molecule has 0 saturated heterocycles. The third-order valence-corrected chi connectivity index (χ3v) is 1.85. The van der Waals surface area contributed by atoms with Crippen molar-refractivity contribution in [3.8, 4) is 11.5 Å². The lowest BCUT2D eigenvalue weighted by Crippen LogP contribution is -2.17. The van der Waals surface area contributed by atoms with Gasteiger partial charge in [-0.15, -0.1) is 13.2 Å². The fraction of sp³-hybridized carbons (Fsp3) is 0.143. The summed E-state index contributed by atoms with van der Waals surface area (Å²) in [6.45, 7) is 0. The van der Waals surface area contributed by atoms with E-state index in [2.05, 4.69) is 20.7 Å². The third-order valence-electron chi connectivity index (χ3n) is 1.26. The molecule has 0 saturated carbocycles. The van der Waals surface area contributed by atoms with Gasteiger partial charge >= 0.3 is 6.36 Å². The number of aromatic hydroxyl groups is 1. The van der Waals surface area contributed by atoms with Crippen LogP contribution in [0.25, 0.3) is 0 Å². The average molecular weight is 272 g/mol. The number of anilines is 1. The number of phenols is 1. The summed E-state index contributed by atoms with van der Waals surface area (Å²) < 4.78 is 39.0. The van der Waals surface area contributed by atoms with Gasteiger partial charge in [0.25, 0.3) is 0 Å². The quantitative estimate of drug-likeness (QED) is 0.772. The Labute approximate surface area is 85.4 Å². The second kappa shape index (κ2) is 3.56. The molecule has 0 fully saturated rings. The lowest BCUT2D eigenvalue weighted by Gasteiger charge is -2.12. The normalized spacial score (nSPS) is 11.4. The van der Waals surface area contributed by atoms with Crippen molar-refractivity contribution in [3.05, 3.63) is 16.6 Å². The van der Waals surface area contributed by atoms with Gasteiger partial charge in [-0.1, -0.05) is 0 Å². The molecule has 1 aromatic carbocycles. The van der Waals surface area contributed by atoms with Crippen LogP contribution in [0.1, 0.15) is 0 Å². The fourth-order valence-electron chi connectivity index (χ4n) is 0.816. The molecule has 0 atom stereocenters. The third kappa shape index (κ3) is 2.69. The van der Waals surface area contributed by atoms with E-state index in [1.165, 1.54) is 6.07 Å². The number of nitrogens with two attached hydrogens (primary N) is 1. The van der Waals surface area contributed by atoms with Gasteiger partial charge in [-0.2, -0.15) is 0 Å². The monoisotopic (exact) mass is 271 g/mol. The Morgan fingerprint density at radius 3 is 2.36 bits per heavy atom. The van der Waals surface area contributed by atoms with Gasteiger partial charge in [0.1, 0.15) is 0 Å². The van der Waals surface area contributed by atoms with E-state index in [1.54, 1.807) is 0 Å². The molecule has 0 radical (unpaired) electrons. The van der Waals surface area contributed by atoms with Crippen LogP contribution in [0, 0.1) is 0 Å². The predicted octanol–water partition coefficient (Wildman–Crippen LogP) is 2.64. The summed E-state index contributed by atoms with van der Waals surface area (Å²) in [5, 5.41) is 9.10. The molecule has 0 aromatic heterocycles. The van der Waals surface area contributed by atoms with Crippen molar-refractivity contribution in [2.45, 2.75) is 6.36 Å². The van der Waals surface area contributed by atoms with Gasteiger partial charge in [0.2, 0.25) is 0 Å². The molecule has 1 rings (SSSR count). The van der Waals surface area contributed by atoms with E-state index in [1.807, 2.05) is 0 Å². The zero-order valence-electron chi connectivity index (χ0n) is 6.60. The molecule has 0 bridgehead atoms. The number of halogens is 4. The molecule has 3 nitrogen and oxygen atoms in total. The van der Waals surface area contributed by atoms with Crippen LogP contribution in [0.2, 0.25) is 0 Å². The maximum absolute atomic E-state index is 11.8. The van der Waals surface area contributed by atoms with E-state index in [9.17, 15) is 13.2 Å². The smallest absolute Gasteiger partial charge is 0.504 e. The van der Waals surface area contributed by atoms with Crippen molar-refractivity contribution in [2.24, 2.45) is 0 Å². The van der Waals surface area contributed by atoms with Crippen molar-refractivity contribution in [1.82, 2.24) is 0 Å². The largest absolute Gasteiger partial charge is 0.573 e. The molecule has 0 heterocycles. The lowest BCUT2D eigenvalue weighted by molar-refractivity contribution is -0.275. The summed E-state index contributed by atoms with van der Waals surface area (Å²) in [6, 6.07) is 2.16. The number of rotatable bonds is 1. The number of ether oxygens (including phenoxy) is 1. The minimum Gasteiger partial charge on any atom is -0.504 e. The molecule has 0 aliphatic carbocycles. The first kappa shape index (κ1) is 11.0. The minimum absolute atomic E-state index is 0.0627. The summed E-state index contributed by atoms with van der Waals surface area (Å²) in [5.74, 6) is -1.37. The Bertz CT molecular complexity index is 330. The summed E-state index contributed by atoms with van der Waals surface area (Å²) in [7, 11) is 0. The molecule has 0 aliphatic rings. The fourth-order valence-corrected chi connectivity index (χ4v) is 1.36. The van der Waals surface area contributed by atoms with Gasteiger partial charge < -0.3 is 15.6 Å². The molecule has 0 unspecified atom stereocenters. The van der Waals surface area contributed by atoms with Crippen LogP contribution < -0.4 is 10.5 Å². The van der Waals surface area contributed by atoms with E-state index >= 15 is 0 Å². The average Bonchev–Trinajstić information content (AvgIpc) is 1.95. The van der Waals surface area contributed by atoms with Crippen molar-refractivity contribution in [3.63, 3.8) is 0 Å². The van der Waals surface area contributed by atoms with Gasteiger partial charge in [-0.25, -0.2) is 0 Å². The van der Waals surface area contributed by atoms with E-state index in [4.69, 9.17) is 10.8 Å². The van der Waals surface area contributed by atoms with Gasteiger partial charge in [-0.05, 0) is 22.0 Å². The van der Waals surface area contributed by atoms with Crippen LogP contribution in [-0.4, -0.2) is 11.5 Å². The van der Waals surface area contributed by atoms with Gasteiger partial charge in [0, 0.05) is 11.8 Å². The maximum Gasteiger partial charge on any atom is 0.573 e. The standard InChI is InChI=1S/C7H5BrF3NO2/c8-4-1-3(12)2-5(13)6(4)14-7(9,10)11/h1-2,13H,12H2. The highest BCUT2D eigenvalue weighted by atomic mass is 79.9. The second-order valence-electron chi connectivity index (χ2n) is 2.40. The van der Waals surface area contributed by atoms with Crippen LogP contribution in [0.3, 0.4) is 0 Å².